The zero-order valence-corrected chi connectivity index (χ0v) is 12.3. The summed E-state index contributed by atoms with van der Waals surface area (Å²) >= 11 is 0. The minimum absolute atomic E-state index is 0.494. The standard InChI is InChI=1S/C15H20BNO4/c1-3-17(11-14-5-4-8-21-14)10-12-9-13(20-2)6-7-15(12)16(18)19/h4-9,18-19H,3,10-11H2,1-2H3. The summed E-state index contributed by atoms with van der Waals surface area (Å²) in [6.45, 7) is 4.13. The highest BCUT2D eigenvalue weighted by Crippen LogP contribution is 2.15. The molecule has 0 radical (unpaired) electrons. The van der Waals surface area contributed by atoms with Crippen LogP contribution in [-0.4, -0.2) is 35.7 Å². The van der Waals surface area contributed by atoms with Gasteiger partial charge < -0.3 is 19.2 Å². The molecule has 0 saturated carbocycles. The van der Waals surface area contributed by atoms with Crippen molar-refractivity contribution < 1.29 is 19.2 Å². The Morgan fingerprint density at radius 1 is 1.24 bits per heavy atom. The Kier molecular flexibility index (Phi) is 5.44. The first-order valence-electron chi connectivity index (χ1n) is 6.91. The van der Waals surface area contributed by atoms with E-state index < -0.39 is 7.12 Å². The molecule has 1 aromatic carbocycles. The molecule has 6 heteroatoms. The van der Waals surface area contributed by atoms with Gasteiger partial charge in [-0.05, 0) is 41.8 Å². The number of hydrogen-bond acceptors (Lipinski definition) is 5. The van der Waals surface area contributed by atoms with Crippen LogP contribution < -0.4 is 10.2 Å². The van der Waals surface area contributed by atoms with Gasteiger partial charge in [-0.1, -0.05) is 13.0 Å². The van der Waals surface area contributed by atoms with E-state index in [9.17, 15) is 10.0 Å². The lowest BCUT2D eigenvalue weighted by Gasteiger charge is -2.21. The Hall–Kier alpha value is -1.76. The van der Waals surface area contributed by atoms with Crippen molar-refractivity contribution in [1.82, 2.24) is 4.90 Å². The van der Waals surface area contributed by atoms with Gasteiger partial charge in [0.1, 0.15) is 11.5 Å². The van der Waals surface area contributed by atoms with Gasteiger partial charge in [0, 0.05) is 6.54 Å². The maximum absolute atomic E-state index is 9.49. The molecule has 0 aliphatic heterocycles. The van der Waals surface area contributed by atoms with Crippen LogP contribution >= 0.6 is 0 Å². The third kappa shape index (κ3) is 4.11. The molecule has 2 N–H and O–H groups in total. The number of benzene rings is 1. The zero-order valence-electron chi connectivity index (χ0n) is 12.3. The van der Waals surface area contributed by atoms with Crippen molar-refractivity contribution in [2.75, 3.05) is 13.7 Å². The fourth-order valence-corrected chi connectivity index (χ4v) is 2.24. The molecule has 0 amide bonds. The first-order valence-corrected chi connectivity index (χ1v) is 6.91. The number of ether oxygens (including phenoxy) is 1. The Morgan fingerprint density at radius 3 is 2.62 bits per heavy atom. The molecule has 1 aromatic heterocycles. The van der Waals surface area contributed by atoms with Gasteiger partial charge in [-0.25, -0.2) is 0 Å². The normalized spacial score (nSPS) is 10.9. The summed E-state index contributed by atoms with van der Waals surface area (Å²) in [7, 11) is 0.0995. The van der Waals surface area contributed by atoms with Gasteiger partial charge in [-0.2, -0.15) is 0 Å². The van der Waals surface area contributed by atoms with Crippen molar-refractivity contribution >= 4 is 12.6 Å². The van der Waals surface area contributed by atoms with Crippen molar-refractivity contribution in [2.45, 2.75) is 20.0 Å². The highest BCUT2D eigenvalue weighted by molar-refractivity contribution is 6.59. The van der Waals surface area contributed by atoms with Crippen molar-refractivity contribution in [3.8, 4) is 5.75 Å². The molecule has 0 aliphatic carbocycles. The summed E-state index contributed by atoms with van der Waals surface area (Å²) in [6, 6.07) is 9.02. The fourth-order valence-electron chi connectivity index (χ4n) is 2.24. The lowest BCUT2D eigenvalue weighted by molar-refractivity contribution is 0.248. The van der Waals surface area contributed by atoms with E-state index in [0.29, 0.717) is 24.3 Å². The summed E-state index contributed by atoms with van der Waals surface area (Å²) in [4.78, 5) is 2.15. The average molecular weight is 289 g/mol. The molecular weight excluding hydrogens is 269 g/mol. The lowest BCUT2D eigenvalue weighted by Crippen LogP contribution is -2.35. The minimum Gasteiger partial charge on any atom is -0.497 e. The van der Waals surface area contributed by atoms with E-state index in [1.807, 2.05) is 18.2 Å². The Labute approximate surface area is 124 Å². The number of methoxy groups -OCH3 is 1. The SMILES string of the molecule is CCN(Cc1ccco1)Cc1cc(OC)ccc1B(O)O. The van der Waals surface area contributed by atoms with Crippen LogP contribution in [0.25, 0.3) is 0 Å². The summed E-state index contributed by atoms with van der Waals surface area (Å²) < 4.78 is 10.6. The molecule has 2 rings (SSSR count). The quantitative estimate of drug-likeness (QED) is 0.744. The van der Waals surface area contributed by atoms with Crippen molar-refractivity contribution in [2.24, 2.45) is 0 Å². The van der Waals surface area contributed by atoms with Gasteiger partial charge in [0.05, 0.1) is 19.9 Å². The number of rotatable bonds is 7. The molecular formula is C15H20BNO4. The molecule has 0 bridgehead atoms. The van der Waals surface area contributed by atoms with Crippen LogP contribution in [0.1, 0.15) is 18.2 Å². The second-order valence-corrected chi connectivity index (χ2v) is 4.82. The second kappa shape index (κ2) is 7.31. The maximum Gasteiger partial charge on any atom is 0.488 e. The van der Waals surface area contributed by atoms with Crippen LogP contribution in [-0.2, 0) is 13.1 Å². The third-order valence-corrected chi connectivity index (χ3v) is 3.43. The Morgan fingerprint density at radius 2 is 2.05 bits per heavy atom. The van der Waals surface area contributed by atoms with E-state index in [0.717, 1.165) is 17.9 Å². The van der Waals surface area contributed by atoms with E-state index in [4.69, 9.17) is 9.15 Å². The predicted octanol–water partition coefficient (Wildman–Crippen LogP) is 0.990. The average Bonchev–Trinajstić information content (AvgIpc) is 2.99. The van der Waals surface area contributed by atoms with Gasteiger partial charge >= 0.3 is 7.12 Å². The molecule has 0 spiro atoms. The molecule has 0 aliphatic rings. The van der Waals surface area contributed by atoms with Gasteiger partial charge in [-0.3, -0.25) is 4.90 Å². The molecule has 1 heterocycles. The molecule has 21 heavy (non-hydrogen) atoms. The van der Waals surface area contributed by atoms with Gasteiger partial charge in [0.15, 0.2) is 0 Å². The third-order valence-electron chi connectivity index (χ3n) is 3.43. The number of hydrogen-bond donors (Lipinski definition) is 2. The summed E-state index contributed by atoms with van der Waals surface area (Å²) in [6.07, 6.45) is 1.65. The smallest absolute Gasteiger partial charge is 0.488 e. The maximum atomic E-state index is 9.49. The van der Waals surface area contributed by atoms with Crippen LogP contribution in [0.3, 0.4) is 0 Å². The van der Waals surface area contributed by atoms with E-state index in [2.05, 4.69) is 11.8 Å². The first-order chi connectivity index (χ1) is 10.1. The fraction of sp³-hybridized carbons (Fsp3) is 0.333. The zero-order chi connectivity index (χ0) is 15.2. The van der Waals surface area contributed by atoms with E-state index in [1.54, 1.807) is 25.5 Å². The van der Waals surface area contributed by atoms with Crippen LogP contribution in [0, 0.1) is 0 Å². The van der Waals surface area contributed by atoms with Crippen molar-refractivity contribution in [3.05, 3.63) is 47.9 Å². The molecule has 0 fully saturated rings. The molecule has 112 valence electrons. The molecule has 5 nitrogen and oxygen atoms in total. The molecule has 0 unspecified atom stereocenters. The van der Waals surface area contributed by atoms with E-state index in [1.165, 1.54) is 0 Å². The van der Waals surface area contributed by atoms with Crippen LogP contribution in [0.4, 0.5) is 0 Å². The minimum atomic E-state index is -1.49. The highest BCUT2D eigenvalue weighted by Gasteiger charge is 2.18. The Bertz CT molecular complexity index is 557. The molecule has 0 saturated heterocycles. The highest BCUT2D eigenvalue weighted by atomic mass is 16.5. The van der Waals surface area contributed by atoms with Crippen molar-refractivity contribution in [1.29, 1.82) is 0 Å². The molecule has 2 aromatic rings. The largest absolute Gasteiger partial charge is 0.497 e. The second-order valence-electron chi connectivity index (χ2n) is 4.82. The Balaban J connectivity index is 2.18. The summed E-state index contributed by atoms with van der Waals surface area (Å²) in [5.41, 5.74) is 1.33. The summed E-state index contributed by atoms with van der Waals surface area (Å²) in [5.74, 6) is 1.58. The topological polar surface area (TPSA) is 66.1 Å². The summed E-state index contributed by atoms with van der Waals surface area (Å²) in [5, 5.41) is 19.0. The van der Waals surface area contributed by atoms with Gasteiger partial charge in [0.2, 0.25) is 0 Å². The lowest BCUT2D eigenvalue weighted by atomic mass is 9.77. The van der Waals surface area contributed by atoms with Crippen LogP contribution in [0.5, 0.6) is 5.75 Å². The van der Waals surface area contributed by atoms with E-state index >= 15 is 0 Å². The first kappa shape index (κ1) is 15.6. The molecule has 0 atom stereocenters. The van der Waals surface area contributed by atoms with Gasteiger partial charge in [-0.15, -0.1) is 0 Å². The number of furan rings is 1. The number of nitrogens with zero attached hydrogens (tertiary/aromatic N) is 1. The van der Waals surface area contributed by atoms with Gasteiger partial charge in [0.25, 0.3) is 0 Å². The predicted molar refractivity (Wildman–Crippen MR) is 81.3 cm³/mol. The van der Waals surface area contributed by atoms with Crippen molar-refractivity contribution in [3.63, 3.8) is 0 Å². The van der Waals surface area contributed by atoms with Crippen LogP contribution in [0.15, 0.2) is 41.0 Å². The van der Waals surface area contributed by atoms with Crippen LogP contribution in [0.2, 0.25) is 0 Å². The monoisotopic (exact) mass is 289 g/mol. The van der Waals surface area contributed by atoms with E-state index in [-0.39, 0.29) is 0 Å².